The Morgan fingerprint density at radius 2 is 2.29 bits per heavy atom. The number of nitrogens with one attached hydrogen (secondary N) is 1. The van der Waals surface area contributed by atoms with Crippen LogP contribution in [0.1, 0.15) is 30.5 Å². The zero-order chi connectivity index (χ0) is 14.7. The van der Waals surface area contributed by atoms with E-state index in [1.165, 1.54) is 11.1 Å². The molecule has 1 aromatic rings. The highest BCUT2D eigenvalue weighted by Crippen LogP contribution is 2.36. The maximum atomic E-state index is 6.06. The number of hydrogen-bond acceptors (Lipinski definition) is 4. The maximum Gasteiger partial charge on any atom is 0.127 e. The number of morpholine rings is 1. The number of benzene rings is 1. The molecule has 2 unspecified atom stereocenters. The van der Waals surface area contributed by atoms with E-state index in [9.17, 15) is 0 Å². The number of para-hydroxylation sites is 1. The van der Waals surface area contributed by atoms with Gasteiger partial charge in [0.15, 0.2) is 0 Å². The lowest BCUT2D eigenvalue weighted by Gasteiger charge is -2.36. The van der Waals surface area contributed by atoms with Crippen molar-refractivity contribution >= 4 is 0 Å². The van der Waals surface area contributed by atoms with Crippen LogP contribution in [-0.4, -0.2) is 50.9 Å². The Hall–Kier alpha value is -1.10. The zero-order valence-electron chi connectivity index (χ0n) is 13.1. The van der Waals surface area contributed by atoms with Gasteiger partial charge in [-0.05, 0) is 25.6 Å². The predicted molar refractivity (Wildman–Crippen MR) is 83.9 cm³/mol. The van der Waals surface area contributed by atoms with E-state index in [1.54, 1.807) is 0 Å². The molecule has 0 aliphatic carbocycles. The fraction of sp³-hybridized carbons (Fsp3) is 0.647. The molecule has 3 rings (SSSR count). The normalized spacial score (nSPS) is 23.6. The fourth-order valence-corrected chi connectivity index (χ4v) is 3.24. The summed E-state index contributed by atoms with van der Waals surface area (Å²) in [4.78, 5) is 2.35. The third-order valence-electron chi connectivity index (χ3n) is 4.36. The molecule has 0 saturated carbocycles. The molecule has 116 valence electrons. The van der Waals surface area contributed by atoms with Gasteiger partial charge in [0.1, 0.15) is 5.75 Å². The molecule has 1 aromatic carbocycles. The van der Waals surface area contributed by atoms with Crippen molar-refractivity contribution in [3.63, 3.8) is 0 Å². The molecule has 2 aliphatic rings. The van der Waals surface area contributed by atoms with Gasteiger partial charge >= 0.3 is 0 Å². The van der Waals surface area contributed by atoms with E-state index in [-0.39, 0.29) is 12.1 Å². The molecule has 21 heavy (non-hydrogen) atoms. The lowest BCUT2D eigenvalue weighted by atomic mass is 9.96. The van der Waals surface area contributed by atoms with Crippen LogP contribution in [0.4, 0.5) is 0 Å². The quantitative estimate of drug-likeness (QED) is 0.899. The average molecular weight is 290 g/mol. The highest BCUT2D eigenvalue weighted by Gasteiger charge is 2.31. The van der Waals surface area contributed by atoms with Gasteiger partial charge in [-0.25, -0.2) is 0 Å². The summed E-state index contributed by atoms with van der Waals surface area (Å²) in [5.41, 5.74) is 2.60. The van der Waals surface area contributed by atoms with Crippen LogP contribution >= 0.6 is 0 Å². The van der Waals surface area contributed by atoms with E-state index >= 15 is 0 Å². The minimum absolute atomic E-state index is 0.186. The predicted octanol–water partition coefficient (Wildman–Crippen LogP) is 1.99. The average Bonchev–Trinajstić information content (AvgIpc) is 2.97. The Kier molecular flexibility index (Phi) is 4.78. The molecule has 0 radical (unpaired) electrons. The Morgan fingerprint density at radius 1 is 1.38 bits per heavy atom. The van der Waals surface area contributed by atoms with Crippen LogP contribution in [0.25, 0.3) is 0 Å². The summed E-state index contributed by atoms with van der Waals surface area (Å²) >= 11 is 0. The number of nitrogens with zero attached hydrogens (tertiary/aromatic N) is 1. The third-order valence-corrected chi connectivity index (χ3v) is 4.36. The summed E-state index contributed by atoms with van der Waals surface area (Å²) in [5.74, 6) is 1.09. The van der Waals surface area contributed by atoms with Crippen molar-refractivity contribution in [2.45, 2.75) is 31.9 Å². The smallest absolute Gasteiger partial charge is 0.127 e. The lowest BCUT2D eigenvalue weighted by molar-refractivity contribution is -0.0395. The number of hydrogen-bond donors (Lipinski definition) is 1. The lowest BCUT2D eigenvalue weighted by Crippen LogP contribution is -2.47. The highest BCUT2D eigenvalue weighted by molar-refractivity contribution is 5.46. The second kappa shape index (κ2) is 6.77. The number of rotatable bonds is 5. The van der Waals surface area contributed by atoms with Crippen LogP contribution in [-0.2, 0) is 11.2 Å². The van der Waals surface area contributed by atoms with Gasteiger partial charge in [-0.1, -0.05) is 25.1 Å². The minimum Gasteiger partial charge on any atom is -0.493 e. The van der Waals surface area contributed by atoms with E-state index < -0.39 is 0 Å². The highest BCUT2D eigenvalue weighted by atomic mass is 16.5. The largest absolute Gasteiger partial charge is 0.493 e. The molecule has 0 amide bonds. The molecule has 0 bridgehead atoms. The molecule has 1 fully saturated rings. The minimum atomic E-state index is 0.186. The van der Waals surface area contributed by atoms with Gasteiger partial charge in [0, 0.05) is 25.1 Å². The molecule has 0 aromatic heterocycles. The second-order valence-corrected chi connectivity index (χ2v) is 6.04. The summed E-state index contributed by atoms with van der Waals surface area (Å²) in [7, 11) is 2.17. The zero-order valence-corrected chi connectivity index (χ0v) is 13.1. The summed E-state index contributed by atoms with van der Waals surface area (Å²) < 4.78 is 12.0. The van der Waals surface area contributed by atoms with E-state index in [4.69, 9.17) is 9.47 Å². The first kappa shape index (κ1) is 14.8. The molecule has 1 saturated heterocycles. The van der Waals surface area contributed by atoms with Crippen LogP contribution in [0.15, 0.2) is 18.2 Å². The molecule has 1 N–H and O–H groups in total. The van der Waals surface area contributed by atoms with E-state index in [1.807, 2.05) is 0 Å². The van der Waals surface area contributed by atoms with Crippen LogP contribution in [0.2, 0.25) is 0 Å². The molecular weight excluding hydrogens is 264 g/mol. The van der Waals surface area contributed by atoms with Gasteiger partial charge in [0.25, 0.3) is 0 Å². The van der Waals surface area contributed by atoms with Crippen LogP contribution in [0, 0.1) is 0 Å². The number of ether oxygens (including phenoxy) is 2. The molecule has 0 spiro atoms. The standard InChI is InChI=1S/C17H26N2O2/c1-3-8-18-16(15-12-19(2)9-11-20-15)14-6-4-5-13-7-10-21-17(13)14/h4-6,15-16,18H,3,7-12H2,1-2H3. The molecule has 4 heteroatoms. The first-order chi connectivity index (χ1) is 10.3. The van der Waals surface area contributed by atoms with Crippen LogP contribution in [0.5, 0.6) is 5.75 Å². The van der Waals surface area contributed by atoms with E-state index in [0.29, 0.717) is 0 Å². The van der Waals surface area contributed by atoms with Gasteiger partial charge in [-0.3, -0.25) is 0 Å². The third kappa shape index (κ3) is 3.23. The summed E-state index contributed by atoms with van der Waals surface area (Å²) in [6.45, 7) is 6.78. The van der Waals surface area contributed by atoms with E-state index in [2.05, 4.69) is 42.4 Å². The molecule has 2 aliphatic heterocycles. The van der Waals surface area contributed by atoms with Crippen LogP contribution in [0.3, 0.4) is 0 Å². The van der Waals surface area contributed by atoms with Gasteiger partial charge in [-0.15, -0.1) is 0 Å². The van der Waals surface area contributed by atoms with Gasteiger partial charge < -0.3 is 19.7 Å². The Morgan fingerprint density at radius 3 is 3.10 bits per heavy atom. The monoisotopic (exact) mass is 290 g/mol. The maximum absolute atomic E-state index is 6.06. The number of likely N-dealkylation sites (N-methyl/N-ethyl adjacent to an activating group) is 1. The van der Waals surface area contributed by atoms with Crippen molar-refractivity contribution in [1.82, 2.24) is 10.2 Å². The SMILES string of the molecule is CCCNC(c1cccc2c1OCC2)C1CN(C)CCO1. The Balaban J connectivity index is 1.86. The molecule has 2 atom stereocenters. The van der Waals surface area contributed by atoms with Crippen molar-refractivity contribution in [3.8, 4) is 5.75 Å². The topological polar surface area (TPSA) is 33.7 Å². The first-order valence-electron chi connectivity index (χ1n) is 8.07. The van der Waals surface area contributed by atoms with Crippen molar-refractivity contribution in [2.24, 2.45) is 0 Å². The van der Waals surface area contributed by atoms with Gasteiger partial charge in [0.05, 0.1) is 25.4 Å². The summed E-state index contributed by atoms with van der Waals surface area (Å²) in [5, 5.41) is 3.67. The number of fused-ring (bicyclic) bond motifs is 1. The van der Waals surface area contributed by atoms with Crippen LogP contribution < -0.4 is 10.1 Å². The Labute approximate surface area is 127 Å². The van der Waals surface area contributed by atoms with Gasteiger partial charge in [0.2, 0.25) is 0 Å². The summed E-state index contributed by atoms with van der Waals surface area (Å²) in [6, 6.07) is 6.72. The molecule has 2 heterocycles. The Bertz CT molecular complexity index is 478. The second-order valence-electron chi connectivity index (χ2n) is 6.04. The van der Waals surface area contributed by atoms with Crippen molar-refractivity contribution in [3.05, 3.63) is 29.3 Å². The summed E-state index contributed by atoms with van der Waals surface area (Å²) in [6.07, 6.45) is 2.33. The fourth-order valence-electron chi connectivity index (χ4n) is 3.24. The molecule has 4 nitrogen and oxygen atoms in total. The van der Waals surface area contributed by atoms with Crippen molar-refractivity contribution < 1.29 is 9.47 Å². The van der Waals surface area contributed by atoms with Gasteiger partial charge in [-0.2, -0.15) is 0 Å². The van der Waals surface area contributed by atoms with Crippen molar-refractivity contribution in [2.75, 3.05) is 39.9 Å². The van der Waals surface area contributed by atoms with Crippen molar-refractivity contribution in [1.29, 1.82) is 0 Å². The van der Waals surface area contributed by atoms with E-state index in [0.717, 1.165) is 51.4 Å². The first-order valence-corrected chi connectivity index (χ1v) is 8.07. The molecular formula is C17H26N2O2.